The molecule has 1 atom stereocenters. The van der Waals surface area contributed by atoms with E-state index in [1.165, 1.54) is 19.1 Å². The molecule has 1 aromatic carbocycles. The standard InChI is InChI=1S/C9H10FNO3S/c1-6(12)11-8-3-2-7(5-15(13)14)9(10)4-8/h2-4H,5H2,1H3,(H,11,12)(H,13,14)/p-1. The Balaban J connectivity index is 2.87. The maximum atomic E-state index is 13.2. The number of amides is 1. The van der Waals surface area contributed by atoms with Crippen LogP contribution in [0.15, 0.2) is 18.2 Å². The van der Waals surface area contributed by atoms with Crippen LogP contribution in [0.3, 0.4) is 0 Å². The van der Waals surface area contributed by atoms with Gasteiger partial charge >= 0.3 is 0 Å². The van der Waals surface area contributed by atoms with Gasteiger partial charge in [0.25, 0.3) is 0 Å². The molecule has 0 aliphatic carbocycles. The van der Waals surface area contributed by atoms with E-state index in [4.69, 9.17) is 0 Å². The van der Waals surface area contributed by atoms with Gasteiger partial charge in [0.1, 0.15) is 5.82 Å². The van der Waals surface area contributed by atoms with Crippen molar-refractivity contribution in [1.29, 1.82) is 0 Å². The summed E-state index contributed by atoms with van der Waals surface area (Å²) in [6.07, 6.45) is 0. The molecule has 0 aliphatic rings. The summed E-state index contributed by atoms with van der Waals surface area (Å²) >= 11 is -2.32. The molecular weight excluding hydrogens is 221 g/mol. The molecule has 82 valence electrons. The normalized spacial score (nSPS) is 12.2. The second-order valence-corrected chi connectivity index (χ2v) is 3.83. The Morgan fingerprint density at radius 2 is 2.27 bits per heavy atom. The quantitative estimate of drug-likeness (QED) is 0.792. The number of hydrogen-bond donors (Lipinski definition) is 1. The summed E-state index contributed by atoms with van der Waals surface area (Å²) in [4.78, 5) is 10.7. The van der Waals surface area contributed by atoms with E-state index in [-0.39, 0.29) is 17.2 Å². The fraction of sp³-hybridized carbons (Fsp3) is 0.222. The molecule has 1 amide bonds. The number of benzene rings is 1. The van der Waals surface area contributed by atoms with Crippen LogP contribution in [0.5, 0.6) is 0 Å². The first-order valence-corrected chi connectivity index (χ1v) is 5.35. The number of rotatable bonds is 3. The largest absolute Gasteiger partial charge is 0.772 e. The number of hydrogen-bond acceptors (Lipinski definition) is 3. The van der Waals surface area contributed by atoms with Crippen molar-refractivity contribution in [2.75, 3.05) is 5.32 Å². The zero-order chi connectivity index (χ0) is 11.4. The van der Waals surface area contributed by atoms with Gasteiger partial charge in [-0.25, -0.2) is 4.39 Å². The van der Waals surface area contributed by atoms with Crippen LogP contribution >= 0.6 is 0 Å². The Morgan fingerprint density at radius 1 is 1.60 bits per heavy atom. The van der Waals surface area contributed by atoms with E-state index in [2.05, 4.69) is 5.32 Å². The van der Waals surface area contributed by atoms with Crippen LogP contribution in [0.25, 0.3) is 0 Å². The Labute approximate surface area is 88.8 Å². The van der Waals surface area contributed by atoms with Crippen molar-refractivity contribution in [3.8, 4) is 0 Å². The van der Waals surface area contributed by atoms with E-state index in [1.807, 2.05) is 0 Å². The Kier molecular flexibility index (Phi) is 3.93. The molecular formula is C9H9FNO3S-. The van der Waals surface area contributed by atoms with Gasteiger partial charge in [-0.15, -0.1) is 0 Å². The molecule has 1 aromatic rings. The lowest BCUT2D eigenvalue weighted by Crippen LogP contribution is -2.06. The Bertz CT molecular complexity index is 408. The monoisotopic (exact) mass is 230 g/mol. The van der Waals surface area contributed by atoms with E-state index in [9.17, 15) is 17.9 Å². The van der Waals surface area contributed by atoms with E-state index in [1.54, 1.807) is 0 Å². The molecule has 0 bridgehead atoms. The molecule has 0 heterocycles. The second kappa shape index (κ2) is 4.99. The maximum Gasteiger partial charge on any atom is 0.221 e. The first-order valence-electron chi connectivity index (χ1n) is 4.11. The highest BCUT2D eigenvalue weighted by Crippen LogP contribution is 2.15. The molecule has 0 saturated heterocycles. The van der Waals surface area contributed by atoms with Crippen LogP contribution in [0.2, 0.25) is 0 Å². The van der Waals surface area contributed by atoms with Crippen molar-refractivity contribution in [3.63, 3.8) is 0 Å². The lowest BCUT2D eigenvalue weighted by Gasteiger charge is -2.08. The van der Waals surface area contributed by atoms with E-state index >= 15 is 0 Å². The van der Waals surface area contributed by atoms with Gasteiger partial charge in [-0.1, -0.05) is 17.1 Å². The highest BCUT2D eigenvalue weighted by molar-refractivity contribution is 7.78. The number of carbonyl (C=O) groups is 1. The minimum Gasteiger partial charge on any atom is -0.772 e. The third-order valence-corrected chi connectivity index (χ3v) is 2.19. The van der Waals surface area contributed by atoms with Crippen molar-refractivity contribution >= 4 is 22.7 Å². The molecule has 0 aliphatic heterocycles. The first-order chi connectivity index (χ1) is 6.99. The zero-order valence-corrected chi connectivity index (χ0v) is 8.77. The van der Waals surface area contributed by atoms with Crippen molar-refractivity contribution in [1.82, 2.24) is 0 Å². The Morgan fingerprint density at radius 3 is 2.73 bits per heavy atom. The van der Waals surface area contributed by atoms with Crippen LogP contribution in [0.4, 0.5) is 10.1 Å². The topological polar surface area (TPSA) is 69.2 Å². The summed E-state index contributed by atoms with van der Waals surface area (Å²) in [6.45, 7) is 1.30. The summed E-state index contributed by atoms with van der Waals surface area (Å²) in [5.41, 5.74) is 0.387. The third kappa shape index (κ3) is 3.77. The van der Waals surface area contributed by atoms with Crippen molar-refractivity contribution in [2.45, 2.75) is 12.7 Å². The molecule has 1 N–H and O–H groups in total. The molecule has 0 saturated carbocycles. The van der Waals surface area contributed by atoms with Crippen LogP contribution < -0.4 is 5.32 Å². The predicted molar refractivity (Wildman–Crippen MR) is 53.3 cm³/mol. The highest BCUT2D eigenvalue weighted by atomic mass is 32.2. The zero-order valence-electron chi connectivity index (χ0n) is 7.95. The van der Waals surface area contributed by atoms with Gasteiger partial charge in [-0.2, -0.15) is 0 Å². The Hall–Kier alpha value is -1.27. The molecule has 4 nitrogen and oxygen atoms in total. The van der Waals surface area contributed by atoms with Crippen LogP contribution in [0, 0.1) is 5.82 Å². The third-order valence-electron chi connectivity index (χ3n) is 1.65. The van der Waals surface area contributed by atoms with Crippen LogP contribution in [-0.4, -0.2) is 14.7 Å². The summed E-state index contributed by atoms with van der Waals surface area (Å²) < 4.78 is 33.9. The van der Waals surface area contributed by atoms with Crippen LogP contribution in [-0.2, 0) is 21.6 Å². The number of nitrogens with one attached hydrogen (secondary N) is 1. The minimum absolute atomic E-state index is 0.0810. The lowest BCUT2D eigenvalue weighted by atomic mass is 10.2. The van der Waals surface area contributed by atoms with E-state index in [0.717, 1.165) is 6.07 Å². The second-order valence-electron chi connectivity index (χ2n) is 2.94. The van der Waals surface area contributed by atoms with Crippen LogP contribution in [0.1, 0.15) is 12.5 Å². The van der Waals surface area contributed by atoms with Crippen molar-refractivity contribution in [3.05, 3.63) is 29.6 Å². The molecule has 6 heteroatoms. The van der Waals surface area contributed by atoms with Crippen molar-refractivity contribution in [2.24, 2.45) is 0 Å². The highest BCUT2D eigenvalue weighted by Gasteiger charge is 2.04. The summed E-state index contributed by atoms with van der Waals surface area (Å²) in [7, 11) is 0. The van der Waals surface area contributed by atoms with Gasteiger partial charge in [0, 0.05) is 18.4 Å². The minimum atomic E-state index is -2.32. The fourth-order valence-corrected chi connectivity index (χ4v) is 1.56. The van der Waals surface area contributed by atoms with Gasteiger partial charge in [0.2, 0.25) is 5.91 Å². The average Bonchev–Trinajstić information content (AvgIpc) is 2.08. The average molecular weight is 230 g/mol. The van der Waals surface area contributed by atoms with Gasteiger partial charge in [0.15, 0.2) is 0 Å². The molecule has 15 heavy (non-hydrogen) atoms. The number of carbonyl (C=O) groups excluding carboxylic acids is 1. The summed E-state index contributed by atoms with van der Waals surface area (Å²) in [6, 6.07) is 3.87. The molecule has 0 radical (unpaired) electrons. The molecule has 0 aromatic heterocycles. The van der Waals surface area contributed by atoms with Gasteiger partial charge in [-0.3, -0.25) is 9.00 Å². The predicted octanol–water partition coefficient (Wildman–Crippen LogP) is 1.16. The molecule has 1 unspecified atom stereocenters. The SMILES string of the molecule is CC(=O)Nc1ccc(CS(=O)[O-])c(F)c1. The number of halogens is 1. The fourth-order valence-electron chi connectivity index (χ4n) is 1.07. The maximum absolute atomic E-state index is 13.2. The van der Waals surface area contributed by atoms with E-state index < -0.39 is 16.9 Å². The summed E-state index contributed by atoms with van der Waals surface area (Å²) in [5, 5.41) is 2.39. The van der Waals surface area contributed by atoms with Crippen molar-refractivity contribution < 1.29 is 17.9 Å². The first kappa shape index (κ1) is 11.8. The van der Waals surface area contributed by atoms with Gasteiger partial charge in [0.05, 0.1) is 0 Å². The lowest BCUT2D eigenvalue weighted by molar-refractivity contribution is -0.114. The number of anilines is 1. The summed E-state index contributed by atoms with van der Waals surface area (Å²) in [5.74, 6) is -1.33. The van der Waals surface area contributed by atoms with Gasteiger partial charge < -0.3 is 9.87 Å². The van der Waals surface area contributed by atoms with Gasteiger partial charge in [-0.05, 0) is 17.7 Å². The molecule has 0 fully saturated rings. The molecule has 0 spiro atoms. The van der Waals surface area contributed by atoms with E-state index in [0.29, 0.717) is 5.69 Å². The smallest absolute Gasteiger partial charge is 0.221 e. The molecule has 1 rings (SSSR count).